The van der Waals surface area contributed by atoms with Crippen LogP contribution in [-0.2, 0) is 4.74 Å². The molecular formula is C9H18N2O. The van der Waals surface area contributed by atoms with Gasteiger partial charge in [-0.3, -0.25) is 4.90 Å². The van der Waals surface area contributed by atoms with Crippen LogP contribution in [0.4, 0.5) is 0 Å². The second-order valence-corrected chi connectivity index (χ2v) is 2.94. The summed E-state index contributed by atoms with van der Waals surface area (Å²) in [6.07, 6.45) is 1.29. The fourth-order valence-electron chi connectivity index (χ4n) is 1.09. The largest absolute Gasteiger partial charge is 0.380 e. The summed E-state index contributed by atoms with van der Waals surface area (Å²) in [5.41, 5.74) is 0. The zero-order valence-corrected chi connectivity index (χ0v) is 8.21. The predicted octanol–water partition coefficient (Wildman–Crippen LogP) is 1.26. The van der Waals surface area contributed by atoms with Crippen LogP contribution in [0.25, 0.3) is 0 Å². The van der Waals surface area contributed by atoms with Crippen LogP contribution >= 0.6 is 0 Å². The van der Waals surface area contributed by atoms with E-state index in [9.17, 15) is 0 Å². The summed E-state index contributed by atoms with van der Waals surface area (Å²) in [5, 5.41) is 8.52. The van der Waals surface area contributed by atoms with Gasteiger partial charge in [0.05, 0.1) is 18.7 Å². The Bertz CT molecular complexity index is 142. The van der Waals surface area contributed by atoms with Crippen molar-refractivity contribution in [3.8, 4) is 6.07 Å². The van der Waals surface area contributed by atoms with Crippen LogP contribution in [0.15, 0.2) is 0 Å². The third kappa shape index (κ3) is 5.11. The highest BCUT2D eigenvalue weighted by molar-refractivity contribution is 4.77. The SMILES string of the molecule is CCCN(CC#N)CC(C)OC. The van der Waals surface area contributed by atoms with Crippen LogP contribution in [0.2, 0.25) is 0 Å². The van der Waals surface area contributed by atoms with E-state index in [1.807, 2.05) is 6.92 Å². The molecule has 0 aromatic rings. The molecule has 0 spiro atoms. The van der Waals surface area contributed by atoms with E-state index < -0.39 is 0 Å². The molecule has 3 nitrogen and oxygen atoms in total. The number of hydrogen-bond donors (Lipinski definition) is 0. The van der Waals surface area contributed by atoms with Crippen LogP contribution in [0, 0.1) is 11.3 Å². The molecule has 1 atom stereocenters. The highest BCUT2D eigenvalue weighted by Crippen LogP contribution is 1.96. The highest BCUT2D eigenvalue weighted by Gasteiger charge is 2.07. The second-order valence-electron chi connectivity index (χ2n) is 2.94. The Kier molecular flexibility index (Phi) is 6.73. The lowest BCUT2D eigenvalue weighted by atomic mass is 10.3. The molecule has 0 aromatic heterocycles. The van der Waals surface area contributed by atoms with Crippen molar-refractivity contribution in [3.05, 3.63) is 0 Å². The number of methoxy groups -OCH3 is 1. The summed E-state index contributed by atoms with van der Waals surface area (Å²) in [6.45, 7) is 6.45. The van der Waals surface area contributed by atoms with E-state index in [0.717, 1.165) is 19.5 Å². The zero-order chi connectivity index (χ0) is 9.40. The van der Waals surface area contributed by atoms with Gasteiger partial charge in [0.1, 0.15) is 0 Å². The Morgan fingerprint density at radius 3 is 2.67 bits per heavy atom. The maximum Gasteiger partial charge on any atom is 0.0866 e. The average molecular weight is 170 g/mol. The Balaban J connectivity index is 3.70. The van der Waals surface area contributed by atoms with E-state index in [4.69, 9.17) is 10.00 Å². The quantitative estimate of drug-likeness (QED) is 0.563. The molecule has 1 unspecified atom stereocenters. The predicted molar refractivity (Wildman–Crippen MR) is 48.8 cm³/mol. The van der Waals surface area contributed by atoms with Gasteiger partial charge in [-0.1, -0.05) is 6.92 Å². The lowest BCUT2D eigenvalue weighted by Crippen LogP contribution is -2.32. The number of nitriles is 1. The minimum atomic E-state index is 0.213. The number of hydrogen-bond acceptors (Lipinski definition) is 3. The van der Waals surface area contributed by atoms with Crippen LogP contribution in [-0.4, -0.2) is 37.7 Å². The minimum absolute atomic E-state index is 0.213. The smallest absolute Gasteiger partial charge is 0.0866 e. The van der Waals surface area contributed by atoms with Crippen LogP contribution in [0.3, 0.4) is 0 Å². The first-order chi connectivity index (χ1) is 5.74. The lowest BCUT2D eigenvalue weighted by Gasteiger charge is -2.21. The van der Waals surface area contributed by atoms with Gasteiger partial charge in [-0.05, 0) is 19.9 Å². The number of rotatable bonds is 6. The Morgan fingerprint density at radius 2 is 2.25 bits per heavy atom. The maximum absolute atomic E-state index is 8.52. The van der Waals surface area contributed by atoms with Crippen LogP contribution < -0.4 is 0 Å². The standard InChI is InChI=1S/C9H18N2O/c1-4-6-11(7-5-10)8-9(2)12-3/h9H,4,6-8H2,1-3H3. The lowest BCUT2D eigenvalue weighted by molar-refractivity contribution is 0.0816. The Morgan fingerprint density at radius 1 is 1.58 bits per heavy atom. The Labute approximate surface area is 74.9 Å². The fraction of sp³-hybridized carbons (Fsp3) is 0.889. The molecule has 0 aliphatic carbocycles. The summed E-state index contributed by atoms with van der Waals surface area (Å²) >= 11 is 0. The summed E-state index contributed by atoms with van der Waals surface area (Å²) in [7, 11) is 1.70. The van der Waals surface area contributed by atoms with Gasteiger partial charge in [0.25, 0.3) is 0 Å². The molecule has 0 aromatic carbocycles. The van der Waals surface area contributed by atoms with Crippen LogP contribution in [0.5, 0.6) is 0 Å². The molecule has 12 heavy (non-hydrogen) atoms. The second kappa shape index (κ2) is 7.08. The molecule has 0 heterocycles. The average Bonchev–Trinajstić information content (AvgIpc) is 2.05. The first kappa shape index (κ1) is 11.4. The normalized spacial score (nSPS) is 12.9. The maximum atomic E-state index is 8.52. The van der Waals surface area contributed by atoms with Crippen molar-refractivity contribution in [2.45, 2.75) is 26.4 Å². The van der Waals surface area contributed by atoms with Gasteiger partial charge in [0, 0.05) is 13.7 Å². The molecule has 0 saturated heterocycles. The number of nitrogens with zero attached hydrogens (tertiary/aromatic N) is 2. The molecule has 0 aliphatic rings. The molecule has 70 valence electrons. The molecule has 0 fully saturated rings. The van der Waals surface area contributed by atoms with Gasteiger partial charge in [-0.25, -0.2) is 0 Å². The summed E-state index contributed by atoms with van der Waals surface area (Å²) in [5.74, 6) is 0. The van der Waals surface area contributed by atoms with Crippen molar-refractivity contribution < 1.29 is 4.74 Å². The van der Waals surface area contributed by atoms with Gasteiger partial charge < -0.3 is 4.74 Å². The van der Waals surface area contributed by atoms with Crippen molar-refractivity contribution in [3.63, 3.8) is 0 Å². The third-order valence-electron chi connectivity index (χ3n) is 1.75. The zero-order valence-electron chi connectivity index (χ0n) is 8.21. The van der Waals surface area contributed by atoms with Gasteiger partial charge in [-0.15, -0.1) is 0 Å². The number of ether oxygens (including phenoxy) is 1. The van der Waals surface area contributed by atoms with Gasteiger partial charge in [-0.2, -0.15) is 5.26 Å². The van der Waals surface area contributed by atoms with Crippen molar-refractivity contribution in [1.82, 2.24) is 4.90 Å². The van der Waals surface area contributed by atoms with Crippen molar-refractivity contribution in [2.75, 3.05) is 26.7 Å². The van der Waals surface area contributed by atoms with E-state index >= 15 is 0 Å². The molecular weight excluding hydrogens is 152 g/mol. The van der Waals surface area contributed by atoms with Crippen LogP contribution in [0.1, 0.15) is 20.3 Å². The molecule has 0 N–H and O–H groups in total. The molecule has 0 bridgehead atoms. The molecule has 0 amide bonds. The monoisotopic (exact) mass is 170 g/mol. The topological polar surface area (TPSA) is 36.3 Å². The van der Waals surface area contributed by atoms with Crippen molar-refractivity contribution >= 4 is 0 Å². The van der Waals surface area contributed by atoms with E-state index in [2.05, 4.69) is 17.9 Å². The van der Waals surface area contributed by atoms with Crippen molar-refractivity contribution in [2.24, 2.45) is 0 Å². The molecule has 0 radical (unpaired) electrons. The fourth-order valence-corrected chi connectivity index (χ4v) is 1.09. The molecule has 0 rings (SSSR count). The first-order valence-corrected chi connectivity index (χ1v) is 4.36. The third-order valence-corrected chi connectivity index (χ3v) is 1.75. The highest BCUT2D eigenvalue weighted by atomic mass is 16.5. The van der Waals surface area contributed by atoms with Gasteiger partial charge in [0.15, 0.2) is 0 Å². The van der Waals surface area contributed by atoms with E-state index in [1.165, 1.54) is 0 Å². The Hall–Kier alpha value is -0.590. The summed E-state index contributed by atoms with van der Waals surface area (Å²) in [4.78, 5) is 2.11. The molecule has 0 saturated carbocycles. The van der Waals surface area contributed by atoms with Gasteiger partial charge in [0.2, 0.25) is 0 Å². The van der Waals surface area contributed by atoms with Crippen molar-refractivity contribution in [1.29, 1.82) is 5.26 Å². The minimum Gasteiger partial charge on any atom is -0.380 e. The molecule has 3 heteroatoms. The van der Waals surface area contributed by atoms with E-state index in [1.54, 1.807) is 7.11 Å². The molecule has 0 aliphatic heterocycles. The summed E-state index contributed by atoms with van der Waals surface area (Å²) < 4.78 is 5.12. The summed E-state index contributed by atoms with van der Waals surface area (Å²) in [6, 6.07) is 2.15. The first-order valence-electron chi connectivity index (χ1n) is 4.36. The van der Waals surface area contributed by atoms with E-state index in [0.29, 0.717) is 6.54 Å². The van der Waals surface area contributed by atoms with Gasteiger partial charge >= 0.3 is 0 Å². The van der Waals surface area contributed by atoms with E-state index in [-0.39, 0.29) is 6.10 Å².